The SMILES string of the molecule is CCC1=C(C(=O)OC)[C@@H](c2ccccc2)n2c(s/c(=C/c3cc4c(cc3Cl)OCO4)c2=O)=N1. The number of ether oxygens (including phenoxy) is 3. The third kappa shape index (κ3) is 3.65. The Morgan fingerprint density at radius 2 is 2.00 bits per heavy atom. The fourth-order valence-electron chi connectivity index (χ4n) is 4.00. The molecule has 0 bridgehead atoms. The Morgan fingerprint density at radius 1 is 1.27 bits per heavy atom. The van der Waals surface area contributed by atoms with Crippen LogP contribution in [0, 0.1) is 0 Å². The van der Waals surface area contributed by atoms with Gasteiger partial charge in [-0.1, -0.05) is 60.2 Å². The number of aromatic nitrogens is 1. The van der Waals surface area contributed by atoms with E-state index in [-0.39, 0.29) is 12.4 Å². The number of esters is 1. The van der Waals surface area contributed by atoms with E-state index in [4.69, 9.17) is 25.8 Å². The summed E-state index contributed by atoms with van der Waals surface area (Å²) in [6.07, 6.45) is 2.23. The molecule has 2 aromatic carbocycles. The van der Waals surface area contributed by atoms with Crippen LogP contribution in [0.3, 0.4) is 0 Å². The molecule has 33 heavy (non-hydrogen) atoms. The second-order valence-electron chi connectivity index (χ2n) is 7.43. The van der Waals surface area contributed by atoms with E-state index >= 15 is 0 Å². The number of carbonyl (C=O) groups excluding carboxylic acids is 1. The quantitative estimate of drug-likeness (QED) is 0.534. The topological polar surface area (TPSA) is 79.1 Å². The zero-order valence-electron chi connectivity index (χ0n) is 17.8. The van der Waals surface area contributed by atoms with Gasteiger partial charge < -0.3 is 14.2 Å². The smallest absolute Gasteiger partial charge is 0.338 e. The molecule has 0 N–H and O–H groups in total. The first-order valence-electron chi connectivity index (χ1n) is 10.3. The zero-order chi connectivity index (χ0) is 23.1. The Kier molecular flexibility index (Phi) is 5.55. The lowest BCUT2D eigenvalue weighted by atomic mass is 9.95. The van der Waals surface area contributed by atoms with Gasteiger partial charge in [0.05, 0.1) is 34.0 Å². The molecule has 2 aliphatic heterocycles. The fraction of sp³-hybridized carbons (Fsp3) is 0.208. The monoisotopic (exact) mass is 482 g/mol. The standard InChI is InChI=1S/C24H19ClN2O5S/c1-3-16-20(23(29)30-2)21(13-7-5-4-6-8-13)27-22(28)19(33-24(27)26-16)10-14-9-17-18(11-15(14)25)32-12-31-17/h4-11,21H,3,12H2,1-2H3/b19-10+/t21-/m1/s1. The minimum atomic E-state index is -0.640. The van der Waals surface area contributed by atoms with Crippen LogP contribution >= 0.6 is 22.9 Å². The van der Waals surface area contributed by atoms with E-state index in [1.807, 2.05) is 37.3 Å². The van der Waals surface area contributed by atoms with Crippen molar-refractivity contribution in [2.75, 3.05) is 13.9 Å². The Hall–Kier alpha value is -3.36. The Bertz CT molecular complexity index is 1470. The molecule has 7 nitrogen and oxygen atoms in total. The third-order valence-electron chi connectivity index (χ3n) is 5.54. The Labute approximate surface area is 197 Å². The third-order valence-corrected chi connectivity index (χ3v) is 6.85. The highest BCUT2D eigenvalue weighted by Crippen LogP contribution is 2.37. The highest BCUT2D eigenvalue weighted by molar-refractivity contribution is 7.07. The van der Waals surface area contributed by atoms with Gasteiger partial charge >= 0.3 is 5.97 Å². The number of halogens is 1. The molecule has 168 valence electrons. The van der Waals surface area contributed by atoms with E-state index in [0.29, 0.717) is 49.1 Å². The number of carbonyl (C=O) groups is 1. The van der Waals surface area contributed by atoms with Gasteiger partial charge in [-0.2, -0.15) is 0 Å². The molecule has 3 aromatic rings. The number of fused-ring (bicyclic) bond motifs is 2. The molecule has 5 rings (SSSR count). The molecule has 0 aliphatic carbocycles. The highest BCUT2D eigenvalue weighted by Gasteiger charge is 2.33. The molecular formula is C24H19ClN2O5S. The Morgan fingerprint density at radius 3 is 2.70 bits per heavy atom. The van der Waals surface area contributed by atoms with Crippen molar-refractivity contribution in [2.45, 2.75) is 19.4 Å². The maximum Gasteiger partial charge on any atom is 0.338 e. The van der Waals surface area contributed by atoms with Gasteiger partial charge in [0.15, 0.2) is 16.3 Å². The molecular weight excluding hydrogens is 464 g/mol. The lowest BCUT2D eigenvalue weighted by molar-refractivity contribution is -0.136. The van der Waals surface area contributed by atoms with Gasteiger partial charge in [0.2, 0.25) is 6.79 Å². The van der Waals surface area contributed by atoms with Crippen molar-refractivity contribution in [3.8, 4) is 11.5 Å². The minimum absolute atomic E-state index is 0.129. The normalized spacial score (nSPS) is 17.1. The van der Waals surface area contributed by atoms with E-state index in [9.17, 15) is 9.59 Å². The van der Waals surface area contributed by atoms with Crippen molar-refractivity contribution in [2.24, 2.45) is 4.99 Å². The van der Waals surface area contributed by atoms with E-state index in [0.717, 1.165) is 5.56 Å². The summed E-state index contributed by atoms with van der Waals surface area (Å²) in [4.78, 5) is 31.6. The molecule has 2 aliphatic rings. The van der Waals surface area contributed by atoms with Crippen molar-refractivity contribution in [3.05, 3.63) is 89.6 Å². The van der Waals surface area contributed by atoms with Crippen molar-refractivity contribution in [3.63, 3.8) is 0 Å². The number of nitrogens with zero attached hydrogens (tertiary/aromatic N) is 2. The average molecular weight is 483 g/mol. The van der Waals surface area contributed by atoms with Gasteiger partial charge in [-0.15, -0.1) is 0 Å². The molecule has 0 amide bonds. The number of methoxy groups -OCH3 is 1. The number of hydrogen-bond donors (Lipinski definition) is 0. The average Bonchev–Trinajstić information content (AvgIpc) is 3.41. The van der Waals surface area contributed by atoms with Crippen molar-refractivity contribution in [1.29, 1.82) is 0 Å². The van der Waals surface area contributed by atoms with E-state index < -0.39 is 12.0 Å². The molecule has 1 aromatic heterocycles. The van der Waals surface area contributed by atoms with E-state index in [1.165, 1.54) is 18.4 Å². The van der Waals surface area contributed by atoms with Gasteiger partial charge in [0.25, 0.3) is 5.56 Å². The minimum Gasteiger partial charge on any atom is -0.466 e. The van der Waals surface area contributed by atoms with Gasteiger partial charge in [-0.3, -0.25) is 9.36 Å². The molecule has 0 fully saturated rings. The summed E-state index contributed by atoms with van der Waals surface area (Å²) in [6, 6.07) is 12.2. The lowest BCUT2D eigenvalue weighted by Gasteiger charge is -2.25. The van der Waals surface area contributed by atoms with E-state index in [1.54, 1.807) is 22.8 Å². The summed E-state index contributed by atoms with van der Waals surface area (Å²) in [5, 5.41) is 0.439. The van der Waals surface area contributed by atoms with Crippen LogP contribution in [0.25, 0.3) is 6.08 Å². The summed E-state index contributed by atoms with van der Waals surface area (Å²) in [5.74, 6) is 0.636. The number of benzene rings is 2. The van der Waals surface area contributed by atoms with E-state index in [2.05, 4.69) is 4.99 Å². The van der Waals surface area contributed by atoms with Crippen LogP contribution in [0.5, 0.6) is 11.5 Å². The maximum atomic E-state index is 13.6. The summed E-state index contributed by atoms with van der Waals surface area (Å²) < 4.78 is 17.9. The van der Waals surface area contributed by atoms with Gasteiger partial charge in [-0.25, -0.2) is 9.79 Å². The van der Waals surface area contributed by atoms with Gasteiger partial charge in [0, 0.05) is 6.07 Å². The summed E-state index contributed by atoms with van der Waals surface area (Å²) in [7, 11) is 1.33. The summed E-state index contributed by atoms with van der Waals surface area (Å²) in [5.41, 5.74) is 2.13. The molecule has 0 unspecified atom stereocenters. The van der Waals surface area contributed by atoms with Crippen LogP contribution < -0.4 is 24.4 Å². The predicted octanol–water partition coefficient (Wildman–Crippen LogP) is 3.18. The second kappa shape index (κ2) is 8.53. The van der Waals surface area contributed by atoms with Gasteiger partial charge in [0.1, 0.15) is 0 Å². The van der Waals surface area contributed by atoms with Crippen LogP contribution in [0.2, 0.25) is 5.02 Å². The number of rotatable bonds is 4. The van der Waals surface area contributed by atoms with Crippen molar-refractivity contribution < 1.29 is 19.0 Å². The number of allylic oxidation sites excluding steroid dienone is 1. The Balaban J connectivity index is 1.75. The predicted molar refractivity (Wildman–Crippen MR) is 124 cm³/mol. The maximum absolute atomic E-state index is 13.6. The van der Waals surface area contributed by atoms with Crippen molar-refractivity contribution in [1.82, 2.24) is 4.57 Å². The van der Waals surface area contributed by atoms with Crippen LogP contribution in [0.4, 0.5) is 0 Å². The largest absolute Gasteiger partial charge is 0.466 e. The number of hydrogen-bond acceptors (Lipinski definition) is 7. The van der Waals surface area contributed by atoms with Crippen molar-refractivity contribution >= 4 is 35.0 Å². The molecule has 0 saturated carbocycles. The first kappa shape index (κ1) is 21.5. The van der Waals surface area contributed by atoms with Crippen LogP contribution in [0.1, 0.15) is 30.5 Å². The molecule has 3 heterocycles. The molecule has 1 atom stereocenters. The second-order valence-corrected chi connectivity index (χ2v) is 8.84. The highest BCUT2D eigenvalue weighted by atomic mass is 35.5. The summed E-state index contributed by atoms with van der Waals surface area (Å²) >= 11 is 7.68. The fourth-order valence-corrected chi connectivity index (χ4v) is 5.22. The lowest BCUT2D eigenvalue weighted by Crippen LogP contribution is -2.40. The van der Waals surface area contributed by atoms with Gasteiger partial charge in [-0.05, 0) is 29.7 Å². The van der Waals surface area contributed by atoms with Crippen LogP contribution in [-0.4, -0.2) is 24.4 Å². The summed E-state index contributed by atoms with van der Waals surface area (Å²) in [6.45, 7) is 2.05. The molecule has 0 spiro atoms. The van der Waals surface area contributed by atoms with Crippen LogP contribution in [-0.2, 0) is 9.53 Å². The zero-order valence-corrected chi connectivity index (χ0v) is 19.4. The molecule has 9 heteroatoms. The molecule has 0 radical (unpaired) electrons. The number of thiazole rings is 1. The first-order valence-corrected chi connectivity index (χ1v) is 11.5. The molecule has 0 saturated heterocycles. The first-order chi connectivity index (χ1) is 16.0. The van der Waals surface area contributed by atoms with Crippen LogP contribution in [0.15, 0.2) is 63.5 Å².